The van der Waals surface area contributed by atoms with Gasteiger partial charge in [0.05, 0.1) is 25.4 Å². The van der Waals surface area contributed by atoms with Crippen molar-refractivity contribution in [1.29, 1.82) is 0 Å². The van der Waals surface area contributed by atoms with Gasteiger partial charge >= 0.3 is 5.69 Å². The van der Waals surface area contributed by atoms with E-state index in [1.807, 2.05) is 13.8 Å². The van der Waals surface area contributed by atoms with Crippen molar-refractivity contribution in [3.63, 3.8) is 0 Å². The number of rotatable bonds is 8. The summed E-state index contributed by atoms with van der Waals surface area (Å²) in [5.74, 6) is 0.375. The average molecular weight is 337 g/mol. The molecule has 1 atom stereocenters. The number of aromatic amines is 1. The molecule has 9 heteroatoms. The molecule has 0 bridgehead atoms. The number of aliphatic hydroxyl groups is 1. The lowest BCUT2D eigenvalue weighted by atomic mass is 10.3. The number of fused-ring (bicyclic) bond motifs is 1. The van der Waals surface area contributed by atoms with Gasteiger partial charge in [0.25, 0.3) is 5.56 Å². The van der Waals surface area contributed by atoms with Gasteiger partial charge in [0.1, 0.15) is 0 Å². The predicted octanol–water partition coefficient (Wildman–Crippen LogP) is -0.193. The van der Waals surface area contributed by atoms with Crippen LogP contribution in [0.1, 0.15) is 13.8 Å². The third-order valence-corrected chi connectivity index (χ3v) is 3.43. The number of aliphatic hydroxyl groups excluding tert-OH is 1. The van der Waals surface area contributed by atoms with E-state index in [0.717, 1.165) is 0 Å². The summed E-state index contributed by atoms with van der Waals surface area (Å²) >= 11 is 0. The summed E-state index contributed by atoms with van der Waals surface area (Å²) in [7, 11) is 1.52. The highest BCUT2D eigenvalue weighted by atomic mass is 16.5. The minimum Gasteiger partial charge on any atom is -0.389 e. The highest BCUT2D eigenvalue weighted by Gasteiger charge is 2.19. The molecule has 0 spiro atoms. The van der Waals surface area contributed by atoms with Crippen molar-refractivity contribution in [3.05, 3.63) is 33.5 Å². The maximum atomic E-state index is 12.2. The molecule has 2 heterocycles. The van der Waals surface area contributed by atoms with Crippen LogP contribution in [0.4, 0.5) is 5.95 Å². The molecule has 2 aromatic heterocycles. The van der Waals surface area contributed by atoms with Gasteiger partial charge in [-0.2, -0.15) is 4.98 Å². The number of hydrogen-bond donors (Lipinski definition) is 3. The van der Waals surface area contributed by atoms with Gasteiger partial charge in [-0.05, 0) is 13.8 Å². The molecule has 2 aromatic rings. The maximum Gasteiger partial charge on any atom is 0.329 e. The van der Waals surface area contributed by atoms with Crippen LogP contribution in [0.25, 0.3) is 11.2 Å². The monoisotopic (exact) mass is 337 g/mol. The number of ether oxygens (including phenoxy) is 1. The number of imidazole rings is 1. The smallest absolute Gasteiger partial charge is 0.329 e. The Kier molecular flexibility index (Phi) is 5.58. The first kappa shape index (κ1) is 18.0. The minimum atomic E-state index is -0.828. The highest BCUT2D eigenvalue weighted by molar-refractivity contribution is 5.74. The van der Waals surface area contributed by atoms with E-state index in [9.17, 15) is 14.7 Å². The van der Waals surface area contributed by atoms with Gasteiger partial charge in [-0.1, -0.05) is 6.08 Å². The summed E-state index contributed by atoms with van der Waals surface area (Å²) in [4.78, 5) is 30.5. The number of aryl methyl sites for hydroxylation is 1. The van der Waals surface area contributed by atoms with Crippen LogP contribution in [0.3, 0.4) is 0 Å². The number of anilines is 1. The normalized spacial score (nSPS) is 12.7. The second-order valence-corrected chi connectivity index (χ2v) is 5.74. The number of H-pyrrole nitrogens is 1. The average Bonchev–Trinajstić information content (AvgIpc) is 2.87. The first-order valence-corrected chi connectivity index (χ1v) is 7.69. The summed E-state index contributed by atoms with van der Waals surface area (Å²) in [6, 6.07) is 0. The molecule has 0 fully saturated rings. The molecular formula is C15H23N5O4. The van der Waals surface area contributed by atoms with E-state index >= 15 is 0 Å². The molecular weight excluding hydrogens is 314 g/mol. The zero-order valence-corrected chi connectivity index (χ0v) is 14.1. The highest BCUT2D eigenvalue weighted by Crippen LogP contribution is 2.16. The van der Waals surface area contributed by atoms with E-state index < -0.39 is 17.4 Å². The Balaban J connectivity index is 2.48. The van der Waals surface area contributed by atoms with Crippen molar-refractivity contribution >= 4 is 17.1 Å². The van der Waals surface area contributed by atoms with E-state index in [4.69, 9.17) is 4.74 Å². The van der Waals surface area contributed by atoms with Gasteiger partial charge < -0.3 is 19.7 Å². The predicted molar refractivity (Wildman–Crippen MR) is 91.4 cm³/mol. The van der Waals surface area contributed by atoms with Crippen LogP contribution in [0.5, 0.6) is 0 Å². The fourth-order valence-electron chi connectivity index (χ4n) is 2.28. The summed E-state index contributed by atoms with van der Waals surface area (Å²) in [6.45, 7) is 8.02. The largest absolute Gasteiger partial charge is 0.389 e. The lowest BCUT2D eigenvalue weighted by Gasteiger charge is -2.16. The Hall–Kier alpha value is -2.39. The number of aromatic nitrogens is 4. The number of hydrogen-bond acceptors (Lipinski definition) is 6. The Morgan fingerprint density at radius 2 is 2.17 bits per heavy atom. The molecule has 24 heavy (non-hydrogen) atoms. The van der Waals surface area contributed by atoms with Crippen LogP contribution < -0.4 is 16.6 Å². The second-order valence-electron chi connectivity index (χ2n) is 5.74. The fourth-order valence-corrected chi connectivity index (χ4v) is 2.28. The van der Waals surface area contributed by atoms with Crippen LogP contribution in [-0.2, 0) is 18.3 Å². The van der Waals surface area contributed by atoms with Crippen molar-refractivity contribution in [2.75, 3.05) is 18.5 Å². The van der Waals surface area contributed by atoms with Crippen molar-refractivity contribution in [1.82, 2.24) is 19.1 Å². The van der Waals surface area contributed by atoms with Crippen LogP contribution >= 0.6 is 0 Å². The van der Waals surface area contributed by atoms with Crippen LogP contribution in [0.2, 0.25) is 0 Å². The van der Waals surface area contributed by atoms with E-state index in [1.165, 1.54) is 11.6 Å². The SMILES string of the molecule is C=CCNc1nc2c(c(=O)[nH]c(=O)n2C)n1CC(O)COC(C)C. The molecule has 132 valence electrons. The van der Waals surface area contributed by atoms with Gasteiger partial charge in [0.2, 0.25) is 5.95 Å². The fraction of sp³-hybridized carbons (Fsp3) is 0.533. The third kappa shape index (κ3) is 3.74. The molecule has 0 saturated carbocycles. The molecule has 0 aromatic carbocycles. The third-order valence-electron chi connectivity index (χ3n) is 3.43. The van der Waals surface area contributed by atoms with Crippen molar-refractivity contribution < 1.29 is 9.84 Å². The maximum absolute atomic E-state index is 12.2. The molecule has 0 saturated heterocycles. The molecule has 2 rings (SSSR count). The van der Waals surface area contributed by atoms with E-state index in [1.54, 1.807) is 10.6 Å². The van der Waals surface area contributed by atoms with Crippen molar-refractivity contribution in [3.8, 4) is 0 Å². The molecule has 0 radical (unpaired) electrons. The van der Waals surface area contributed by atoms with Crippen LogP contribution in [0, 0.1) is 0 Å². The lowest BCUT2D eigenvalue weighted by molar-refractivity contribution is -0.000103. The lowest BCUT2D eigenvalue weighted by Crippen LogP contribution is -2.30. The second kappa shape index (κ2) is 7.45. The van der Waals surface area contributed by atoms with E-state index in [0.29, 0.717) is 12.5 Å². The zero-order valence-electron chi connectivity index (χ0n) is 14.1. The van der Waals surface area contributed by atoms with Gasteiger partial charge in [-0.25, -0.2) is 4.79 Å². The summed E-state index contributed by atoms with van der Waals surface area (Å²) < 4.78 is 8.20. The zero-order chi connectivity index (χ0) is 17.9. The number of nitrogens with one attached hydrogen (secondary N) is 2. The van der Waals surface area contributed by atoms with Gasteiger partial charge in [-0.15, -0.1) is 6.58 Å². The Morgan fingerprint density at radius 1 is 1.46 bits per heavy atom. The molecule has 9 nitrogen and oxygen atoms in total. The van der Waals surface area contributed by atoms with Crippen LogP contribution in [0.15, 0.2) is 22.2 Å². The van der Waals surface area contributed by atoms with E-state index in [2.05, 4.69) is 21.9 Å². The summed E-state index contributed by atoms with van der Waals surface area (Å²) in [5, 5.41) is 13.2. The quantitative estimate of drug-likeness (QED) is 0.575. The Morgan fingerprint density at radius 3 is 2.79 bits per heavy atom. The van der Waals surface area contributed by atoms with E-state index in [-0.39, 0.29) is 30.4 Å². The molecule has 1 unspecified atom stereocenters. The first-order valence-electron chi connectivity index (χ1n) is 7.69. The molecule has 0 aliphatic rings. The van der Waals surface area contributed by atoms with Gasteiger partial charge in [0, 0.05) is 13.6 Å². The Bertz CT molecular complexity index is 833. The molecule has 0 amide bonds. The van der Waals surface area contributed by atoms with Crippen molar-refractivity contribution in [2.45, 2.75) is 32.6 Å². The van der Waals surface area contributed by atoms with Gasteiger partial charge in [-0.3, -0.25) is 14.3 Å². The first-order chi connectivity index (χ1) is 11.3. The van der Waals surface area contributed by atoms with Crippen molar-refractivity contribution in [2.24, 2.45) is 7.05 Å². The minimum absolute atomic E-state index is 0.0123. The molecule has 3 N–H and O–H groups in total. The summed E-state index contributed by atoms with van der Waals surface area (Å²) in [6.07, 6.45) is 0.804. The summed E-state index contributed by atoms with van der Waals surface area (Å²) in [5.41, 5.74) is -0.639. The Labute approximate surface area is 138 Å². The molecule has 0 aliphatic carbocycles. The number of nitrogens with zero attached hydrogens (tertiary/aromatic N) is 3. The molecule has 0 aliphatic heterocycles. The topological polar surface area (TPSA) is 114 Å². The standard InChI is InChI=1S/C15H23N5O4/c1-5-6-16-14-17-12-11(13(22)18-15(23)19(12)4)20(14)7-10(21)8-24-9(2)3/h5,9-10,21H,1,6-8H2,2-4H3,(H,16,17)(H,18,22,23). The van der Waals surface area contributed by atoms with Crippen LogP contribution in [-0.4, -0.2) is 49.6 Å². The van der Waals surface area contributed by atoms with Gasteiger partial charge in [0.15, 0.2) is 11.2 Å².